The van der Waals surface area contributed by atoms with Gasteiger partial charge in [-0.15, -0.1) is 6.42 Å². The quantitative estimate of drug-likeness (QED) is 0.0969. The summed E-state index contributed by atoms with van der Waals surface area (Å²) in [6.07, 6.45) is 19.7. The van der Waals surface area contributed by atoms with Crippen molar-refractivity contribution in [3.05, 3.63) is 120 Å². The number of terminal acetylenes is 1. The lowest BCUT2D eigenvalue weighted by Crippen LogP contribution is -3.00. The molecule has 0 spiro atoms. The van der Waals surface area contributed by atoms with Crippen molar-refractivity contribution >= 4 is 44.5 Å². The van der Waals surface area contributed by atoms with Gasteiger partial charge in [0.1, 0.15) is 7.05 Å². The minimum Gasteiger partial charge on any atom is -1.00 e. The molecule has 4 aromatic rings. The highest BCUT2D eigenvalue weighted by molar-refractivity contribution is 6.04. The molecule has 2 aliphatic heterocycles. The van der Waals surface area contributed by atoms with Crippen LogP contribution in [0, 0.1) is 12.3 Å². The van der Waals surface area contributed by atoms with E-state index in [1.165, 1.54) is 55.5 Å². The van der Waals surface area contributed by atoms with Crippen molar-refractivity contribution in [3.63, 3.8) is 0 Å². The number of anilines is 1. The summed E-state index contributed by atoms with van der Waals surface area (Å²) in [6, 6.07) is 26.6. The molecule has 0 radical (unpaired) electrons. The number of carbonyl (C=O) groups is 1. The average molecular weight is 656 g/mol. The first-order valence-electron chi connectivity index (χ1n) is 16.8. The van der Waals surface area contributed by atoms with Crippen LogP contribution in [0.15, 0.2) is 109 Å². The Morgan fingerprint density at radius 2 is 1.46 bits per heavy atom. The predicted octanol–water partition coefficient (Wildman–Crippen LogP) is 6.11. The van der Waals surface area contributed by atoms with E-state index in [9.17, 15) is 4.79 Å². The molecule has 1 N–H and O–H groups in total. The van der Waals surface area contributed by atoms with E-state index in [4.69, 9.17) is 6.42 Å². The Morgan fingerprint density at radius 1 is 0.833 bits per heavy atom. The lowest BCUT2D eigenvalue weighted by atomic mass is 9.80. The number of allylic oxidation sites excluding steroid dienone is 6. The largest absolute Gasteiger partial charge is 1.00 e. The van der Waals surface area contributed by atoms with Crippen LogP contribution in [-0.4, -0.2) is 36.3 Å². The molecule has 0 fully saturated rings. The fourth-order valence-electron chi connectivity index (χ4n) is 7.44. The molecule has 0 saturated heterocycles. The summed E-state index contributed by atoms with van der Waals surface area (Å²) < 4.78 is 2.34. The molecular weight excluding hydrogens is 610 g/mol. The molecule has 1 amide bonds. The van der Waals surface area contributed by atoms with Crippen molar-refractivity contribution < 1.29 is 21.8 Å². The second kappa shape index (κ2) is 14.3. The first-order valence-corrected chi connectivity index (χ1v) is 16.8. The van der Waals surface area contributed by atoms with Crippen molar-refractivity contribution in [2.75, 3.05) is 25.0 Å². The van der Waals surface area contributed by atoms with Gasteiger partial charge in [-0.1, -0.05) is 92.9 Å². The summed E-state index contributed by atoms with van der Waals surface area (Å²) in [5, 5.41) is 7.85. The summed E-state index contributed by atoms with van der Waals surface area (Å²) in [4.78, 5) is 14.5. The minimum atomic E-state index is -0.144. The molecule has 0 saturated carbocycles. The molecule has 0 atom stereocenters. The molecule has 2 aliphatic rings. The third kappa shape index (κ3) is 6.58. The van der Waals surface area contributed by atoms with Crippen molar-refractivity contribution in [1.29, 1.82) is 0 Å². The third-order valence-corrected chi connectivity index (χ3v) is 10.1. The molecule has 5 heteroatoms. The molecule has 4 nitrogen and oxygen atoms in total. The van der Waals surface area contributed by atoms with Gasteiger partial charge in [-0.05, 0) is 78.1 Å². The molecule has 0 aliphatic carbocycles. The Labute approximate surface area is 292 Å². The SMILES string of the molecule is C#CCNC(=O)CCCCCN1/C(=C/C=C/C=C/C2=[N+](C)c3cc4ccccc4cc3C2(C)C)C(C)(C)c2cc3ccccc3cc21.[Cl-]. The highest BCUT2D eigenvalue weighted by atomic mass is 35.5. The summed E-state index contributed by atoms with van der Waals surface area (Å²) >= 11 is 0. The molecule has 4 aromatic carbocycles. The number of hydrogen-bond donors (Lipinski definition) is 1. The van der Waals surface area contributed by atoms with Crippen LogP contribution in [0.5, 0.6) is 0 Å². The Balaban J connectivity index is 0.00000451. The lowest BCUT2D eigenvalue weighted by molar-refractivity contribution is -0.401. The Morgan fingerprint density at radius 3 is 2.12 bits per heavy atom. The van der Waals surface area contributed by atoms with Crippen molar-refractivity contribution in [1.82, 2.24) is 5.32 Å². The normalized spacial score (nSPS) is 16.9. The number of benzene rings is 4. The number of nitrogens with zero attached hydrogens (tertiary/aromatic N) is 2. The van der Waals surface area contributed by atoms with Gasteiger partial charge in [0.15, 0.2) is 5.71 Å². The van der Waals surface area contributed by atoms with E-state index in [0.29, 0.717) is 13.0 Å². The van der Waals surface area contributed by atoms with Gasteiger partial charge < -0.3 is 22.6 Å². The van der Waals surface area contributed by atoms with E-state index < -0.39 is 0 Å². The molecular formula is C43H46ClN3O. The molecule has 0 aromatic heterocycles. The fraction of sp³-hybridized carbons (Fsp3) is 0.302. The maximum atomic E-state index is 12.0. The second-order valence-corrected chi connectivity index (χ2v) is 13.9. The first kappa shape index (κ1) is 34.7. The number of nitrogens with one attached hydrogen (secondary N) is 1. The van der Waals surface area contributed by atoms with Gasteiger partial charge in [-0.25, -0.2) is 0 Å². The summed E-state index contributed by atoms with van der Waals surface area (Å²) in [7, 11) is 2.18. The highest BCUT2D eigenvalue weighted by Gasteiger charge is 2.43. The van der Waals surface area contributed by atoms with E-state index >= 15 is 0 Å². The van der Waals surface area contributed by atoms with Crippen LogP contribution in [0.25, 0.3) is 21.5 Å². The lowest BCUT2D eigenvalue weighted by Gasteiger charge is -2.27. The van der Waals surface area contributed by atoms with E-state index in [0.717, 1.165) is 25.8 Å². The van der Waals surface area contributed by atoms with Gasteiger partial charge in [-0.2, -0.15) is 4.58 Å². The maximum absolute atomic E-state index is 12.0. The van der Waals surface area contributed by atoms with Gasteiger partial charge in [0.25, 0.3) is 0 Å². The topological polar surface area (TPSA) is 35.4 Å². The van der Waals surface area contributed by atoms with Crippen molar-refractivity contribution in [2.45, 2.75) is 64.2 Å². The first-order chi connectivity index (χ1) is 22.6. The number of unbranched alkanes of at least 4 members (excludes halogenated alkanes) is 2. The van der Waals surface area contributed by atoms with Gasteiger partial charge in [0.05, 0.1) is 12.0 Å². The smallest absolute Gasteiger partial charge is 0.220 e. The van der Waals surface area contributed by atoms with E-state index in [-0.39, 0.29) is 29.1 Å². The van der Waals surface area contributed by atoms with Crippen LogP contribution in [0.2, 0.25) is 0 Å². The summed E-state index contributed by atoms with van der Waals surface area (Å²) in [5.74, 6) is 2.50. The average Bonchev–Trinajstić information content (AvgIpc) is 3.38. The van der Waals surface area contributed by atoms with Crippen LogP contribution in [0.1, 0.15) is 64.5 Å². The van der Waals surface area contributed by atoms with Crippen LogP contribution < -0.4 is 22.6 Å². The Hall–Kier alpha value is -4.59. The molecule has 0 unspecified atom stereocenters. The molecule has 2 heterocycles. The number of hydrogen-bond acceptors (Lipinski definition) is 2. The van der Waals surface area contributed by atoms with Crippen molar-refractivity contribution in [3.8, 4) is 12.3 Å². The van der Waals surface area contributed by atoms with Crippen LogP contribution in [-0.2, 0) is 15.6 Å². The monoisotopic (exact) mass is 655 g/mol. The maximum Gasteiger partial charge on any atom is 0.220 e. The predicted molar refractivity (Wildman–Crippen MR) is 199 cm³/mol. The van der Waals surface area contributed by atoms with Gasteiger partial charge in [-0.3, -0.25) is 4.79 Å². The van der Waals surface area contributed by atoms with Crippen LogP contribution in [0.4, 0.5) is 11.4 Å². The van der Waals surface area contributed by atoms with Crippen LogP contribution in [0.3, 0.4) is 0 Å². The third-order valence-electron chi connectivity index (χ3n) is 10.1. The van der Waals surface area contributed by atoms with Gasteiger partial charge in [0.2, 0.25) is 11.6 Å². The Kier molecular flexibility index (Phi) is 10.3. The molecule has 246 valence electrons. The number of rotatable bonds is 10. The van der Waals surface area contributed by atoms with Crippen molar-refractivity contribution in [2.24, 2.45) is 0 Å². The molecule has 48 heavy (non-hydrogen) atoms. The number of halogens is 1. The number of carbonyl (C=O) groups excluding carboxylic acids is 1. The number of amides is 1. The zero-order chi connectivity index (χ0) is 33.2. The second-order valence-electron chi connectivity index (χ2n) is 13.9. The summed E-state index contributed by atoms with van der Waals surface area (Å²) in [5.41, 5.74) is 7.63. The standard InChI is InChI=1S/C43H45N3O.ClH/c1-7-25-44-41(47)24-12-9-17-26-46-38-30-34-21-16-14-19-32(34)28-36(38)43(4,5)40(46)23-11-8-10-22-39-42(2,3)35-27-31-18-13-15-20-33(31)29-37(35)45(39)6;/h1,8,10-11,13-16,18-23,27-30H,9,12,17,24-26H2,2-6H3;1H. The number of fused-ring (bicyclic) bond motifs is 4. The molecule has 6 rings (SSSR count). The fourth-order valence-corrected chi connectivity index (χ4v) is 7.44. The zero-order valence-electron chi connectivity index (χ0n) is 28.8. The van der Waals surface area contributed by atoms with E-state index in [1.54, 1.807) is 0 Å². The summed E-state index contributed by atoms with van der Waals surface area (Å²) in [6.45, 7) is 10.5. The van der Waals surface area contributed by atoms with Gasteiger partial charge in [0, 0.05) is 47.5 Å². The Bertz CT molecular complexity index is 2020. The minimum absolute atomic E-state index is 0. The van der Waals surface area contributed by atoms with Gasteiger partial charge >= 0.3 is 0 Å². The zero-order valence-corrected chi connectivity index (χ0v) is 29.6. The van der Waals surface area contributed by atoms with E-state index in [1.807, 2.05) is 0 Å². The highest BCUT2D eigenvalue weighted by Crippen LogP contribution is 2.49. The van der Waals surface area contributed by atoms with E-state index in [2.05, 4.69) is 159 Å². The molecule has 0 bridgehead atoms. The van der Waals surface area contributed by atoms with Crippen LogP contribution >= 0.6 is 0 Å².